The van der Waals surface area contributed by atoms with Gasteiger partial charge in [-0.3, -0.25) is 4.79 Å². The van der Waals surface area contributed by atoms with Crippen molar-refractivity contribution >= 4 is 5.91 Å². The average molecular weight is 238 g/mol. The molecule has 17 heavy (non-hydrogen) atoms. The molecule has 0 aromatic carbocycles. The molecule has 1 aliphatic heterocycles. The summed E-state index contributed by atoms with van der Waals surface area (Å²) in [5.74, 6) is 1.25. The minimum atomic E-state index is 0.346. The van der Waals surface area contributed by atoms with Gasteiger partial charge in [-0.2, -0.15) is 0 Å². The summed E-state index contributed by atoms with van der Waals surface area (Å²) >= 11 is 0. The maximum Gasteiger partial charge on any atom is 0.223 e. The van der Waals surface area contributed by atoms with Crippen molar-refractivity contribution in [1.29, 1.82) is 0 Å². The quantitative estimate of drug-likeness (QED) is 0.814. The molecule has 1 heterocycles. The molecule has 2 aliphatic rings. The van der Waals surface area contributed by atoms with Gasteiger partial charge in [0.2, 0.25) is 5.91 Å². The molecule has 1 saturated heterocycles. The third kappa shape index (κ3) is 3.98. The Bertz CT molecular complexity index is 241. The van der Waals surface area contributed by atoms with Crippen molar-refractivity contribution in [3.05, 3.63) is 0 Å². The summed E-state index contributed by atoms with van der Waals surface area (Å²) in [7, 11) is 0. The maximum atomic E-state index is 11.8. The fourth-order valence-corrected chi connectivity index (χ4v) is 2.97. The Kier molecular flexibility index (Phi) is 4.84. The van der Waals surface area contributed by atoms with Gasteiger partial charge < -0.3 is 10.2 Å². The molecule has 3 nitrogen and oxygen atoms in total. The van der Waals surface area contributed by atoms with Crippen molar-refractivity contribution < 1.29 is 4.79 Å². The third-order valence-electron chi connectivity index (χ3n) is 4.25. The number of carbonyl (C=O) groups is 1. The number of carbonyl (C=O) groups excluding carboxylic acids is 1. The summed E-state index contributed by atoms with van der Waals surface area (Å²) in [6.45, 7) is 5.18. The fourth-order valence-electron chi connectivity index (χ4n) is 2.97. The first-order valence-corrected chi connectivity index (χ1v) is 7.27. The largest absolute Gasteiger partial charge is 0.343 e. The zero-order chi connectivity index (χ0) is 12.1. The van der Waals surface area contributed by atoms with Crippen molar-refractivity contribution in [3.8, 4) is 0 Å². The lowest BCUT2D eigenvalue weighted by Gasteiger charge is -2.27. The Morgan fingerprint density at radius 3 is 2.47 bits per heavy atom. The van der Waals surface area contributed by atoms with Gasteiger partial charge in [0.15, 0.2) is 0 Å². The van der Waals surface area contributed by atoms with Crippen molar-refractivity contribution in [3.63, 3.8) is 0 Å². The van der Waals surface area contributed by atoms with Gasteiger partial charge in [-0.1, -0.05) is 6.92 Å². The molecule has 2 fully saturated rings. The predicted octanol–water partition coefficient (Wildman–Crippen LogP) is 2.17. The lowest BCUT2D eigenvalue weighted by atomic mass is 9.87. The smallest absolute Gasteiger partial charge is 0.223 e. The maximum absolute atomic E-state index is 11.8. The lowest BCUT2D eigenvalue weighted by Crippen LogP contribution is -2.36. The second-order valence-corrected chi connectivity index (χ2v) is 5.75. The summed E-state index contributed by atoms with van der Waals surface area (Å²) < 4.78 is 0. The first kappa shape index (κ1) is 12.9. The van der Waals surface area contributed by atoms with Gasteiger partial charge in [0, 0.05) is 32.1 Å². The molecule has 0 atom stereocenters. The van der Waals surface area contributed by atoms with Crippen molar-refractivity contribution in [1.82, 2.24) is 10.2 Å². The number of hydrogen-bond donors (Lipinski definition) is 1. The molecule has 1 saturated carbocycles. The summed E-state index contributed by atoms with van der Waals surface area (Å²) in [4.78, 5) is 13.8. The van der Waals surface area contributed by atoms with Gasteiger partial charge in [-0.25, -0.2) is 0 Å². The van der Waals surface area contributed by atoms with E-state index in [-0.39, 0.29) is 0 Å². The molecule has 0 bridgehead atoms. The van der Waals surface area contributed by atoms with Crippen LogP contribution in [0.25, 0.3) is 0 Å². The van der Waals surface area contributed by atoms with Crippen LogP contribution in [0.4, 0.5) is 0 Å². The SMILES string of the molecule is CC1CCC(NCCC(=O)N2CCCC2)CC1. The van der Waals surface area contributed by atoms with E-state index in [0.717, 1.165) is 25.6 Å². The van der Waals surface area contributed by atoms with Crippen LogP contribution in [-0.2, 0) is 4.79 Å². The molecule has 0 spiro atoms. The van der Waals surface area contributed by atoms with E-state index in [1.165, 1.54) is 38.5 Å². The molecule has 98 valence electrons. The Hall–Kier alpha value is -0.570. The zero-order valence-corrected chi connectivity index (χ0v) is 11.1. The number of rotatable bonds is 4. The number of amides is 1. The van der Waals surface area contributed by atoms with E-state index in [2.05, 4.69) is 12.2 Å². The van der Waals surface area contributed by atoms with Crippen molar-refractivity contribution in [2.75, 3.05) is 19.6 Å². The minimum Gasteiger partial charge on any atom is -0.343 e. The number of likely N-dealkylation sites (tertiary alicyclic amines) is 1. The van der Waals surface area contributed by atoms with Crippen molar-refractivity contribution in [2.24, 2.45) is 5.92 Å². The average Bonchev–Trinajstić information content (AvgIpc) is 2.85. The molecule has 0 aromatic rings. The van der Waals surface area contributed by atoms with Crippen LogP contribution in [0.2, 0.25) is 0 Å². The second kappa shape index (κ2) is 6.39. The highest BCUT2D eigenvalue weighted by molar-refractivity contribution is 5.76. The summed E-state index contributed by atoms with van der Waals surface area (Å²) in [6, 6.07) is 0.664. The topological polar surface area (TPSA) is 32.3 Å². The van der Waals surface area contributed by atoms with Gasteiger partial charge in [0.05, 0.1) is 0 Å². The Labute approximate surface area is 105 Å². The summed E-state index contributed by atoms with van der Waals surface area (Å²) in [5.41, 5.74) is 0. The van der Waals surface area contributed by atoms with Gasteiger partial charge in [0.1, 0.15) is 0 Å². The molecule has 2 rings (SSSR count). The van der Waals surface area contributed by atoms with E-state index in [9.17, 15) is 4.79 Å². The molecule has 0 aromatic heterocycles. The molecule has 3 heteroatoms. The number of hydrogen-bond acceptors (Lipinski definition) is 2. The molecule has 1 N–H and O–H groups in total. The van der Waals surface area contributed by atoms with Gasteiger partial charge in [-0.05, 0) is 44.4 Å². The highest BCUT2D eigenvalue weighted by Crippen LogP contribution is 2.23. The van der Waals surface area contributed by atoms with Crippen LogP contribution in [0.5, 0.6) is 0 Å². The van der Waals surface area contributed by atoms with Crippen LogP contribution in [0, 0.1) is 5.92 Å². The van der Waals surface area contributed by atoms with Crippen LogP contribution in [-0.4, -0.2) is 36.5 Å². The summed E-state index contributed by atoms with van der Waals surface area (Å²) in [6.07, 6.45) is 8.35. The van der Waals surface area contributed by atoms with E-state index < -0.39 is 0 Å². The lowest BCUT2D eigenvalue weighted by molar-refractivity contribution is -0.130. The molecular formula is C14H26N2O. The van der Waals surface area contributed by atoms with Crippen LogP contribution < -0.4 is 5.32 Å². The number of nitrogens with zero attached hydrogens (tertiary/aromatic N) is 1. The standard InChI is InChI=1S/C14H26N2O/c1-12-4-6-13(7-5-12)15-9-8-14(17)16-10-2-3-11-16/h12-13,15H,2-11H2,1H3. The van der Waals surface area contributed by atoms with Crippen LogP contribution >= 0.6 is 0 Å². The third-order valence-corrected chi connectivity index (χ3v) is 4.25. The van der Waals surface area contributed by atoms with Gasteiger partial charge in [-0.15, -0.1) is 0 Å². The fraction of sp³-hybridized carbons (Fsp3) is 0.929. The molecule has 0 unspecified atom stereocenters. The van der Waals surface area contributed by atoms with Crippen LogP contribution in [0.1, 0.15) is 51.9 Å². The van der Waals surface area contributed by atoms with Crippen molar-refractivity contribution in [2.45, 2.75) is 57.9 Å². The molecule has 1 aliphatic carbocycles. The van der Waals surface area contributed by atoms with E-state index in [4.69, 9.17) is 0 Å². The van der Waals surface area contributed by atoms with E-state index >= 15 is 0 Å². The zero-order valence-electron chi connectivity index (χ0n) is 11.1. The summed E-state index contributed by atoms with van der Waals surface area (Å²) in [5, 5.41) is 3.55. The van der Waals surface area contributed by atoms with E-state index in [1.807, 2.05) is 4.90 Å². The molecular weight excluding hydrogens is 212 g/mol. The second-order valence-electron chi connectivity index (χ2n) is 5.75. The Morgan fingerprint density at radius 1 is 1.18 bits per heavy atom. The normalized spacial score (nSPS) is 29.6. The number of nitrogens with one attached hydrogen (secondary N) is 1. The van der Waals surface area contributed by atoms with Crippen LogP contribution in [0.15, 0.2) is 0 Å². The van der Waals surface area contributed by atoms with Gasteiger partial charge in [0.25, 0.3) is 0 Å². The van der Waals surface area contributed by atoms with E-state index in [0.29, 0.717) is 18.4 Å². The highest BCUT2D eigenvalue weighted by Gasteiger charge is 2.19. The Balaban J connectivity index is 1.57. The first-order valence-electron chi connectivity index (χ1n) is 7.27. The molecule has 1 amide bonds. The predicted molar refractivity (Wildman–Crippen MR) is 69.9 cm³/mol. The van der Waals surface area contributed by atoms with Gasteiger partial charge >= 0.3 is 0 Å². The monoisotopic (exact) mass is 238 g/mol. The molecule has 0 radical (unpaired) electrons. The minimum absolute atomic E-state index is 0.346. The highest BCUT2D eigenvalue weighted by atomic mass is 16.2. The van der Waals surface area contributed by atoms with Crippen LogP contribution in [0.3, 0.4) is 0 Å². The van der Waals surface area contributed by atoms with E-state index in [1.54, 1.807) is 0 Å². The Morgan fingerprint density at radius 2 is 1.82 bits per heavy atom. The first-order chi connectivity index (χ1) is 8.25.